The molecule has 1 saturated carbocycles. The molecule has 1 aromatic rings. The van der Waals surface area contributed by atoms with Gasteiger partial charge in [0.2, 0.25) is 12.7 Å². The van der Waals surface area contributed by atoms with Crippen LogP contribution in [0.3, 0.4) is 0 Å². The van der Waals surface area contributed by atoms with Crippen molar-refractivity contribution in [2.45, 2.75) is 44.7 Å². The molecule has 0 unspecified atom stereocenters. The van der Waals surface area contributed by atoms with Crippen LogP contribution < -0.4 is 9.47 Å². The number of nitrogens with zero attached hydrogens (tertiary/aromatic N) is 1. The molecule has 0 aromatic heterocycles. The molecule has 2 heterocycles. The summed E-state index contributed by atoms with van der Waals surface area (Å²) in [6.07, 6.45) is 5.67. The van der Waals surface area contributed by atoms with E-state index in [-0.39, 0.29) is 0 Å². The summed E-state index contributed by atoms with van der Waals surface area (Å²) in [5, 5.41) is 0. The predicted octanol–water partition coefficient (Wildman–Crippen LogP) is 2.71. The molecule has 20 heavy (non-hydrogen) atoms. The predicted molar refractivity (Wildman–Crippen MR) is 73.5 cm³/mol. The lowest BCUT2D eigenvalue weighted by molar-refractivity contribution is -0.129. The Kier molecular flexibility index (Phi) is 2.83. The summed E-state index contributed by atoms with van der Waals surface area (Å²) in [7, 11) is 0. The van der Waals surface area contributed by atoms with Crippen LogP contribution in [0.15, 0.2) is 18.2 Å². The number of benzene rings is 1. The van der Waals surface area contributed by atoms with E-state index in [4.69, 9.17) is 9.47 Å². The van der Waals surface area contributed by atoms with Gasteiger partial charge in [-0.05, 0) is 36.5 Å². The number of fused-ring (bicyclic) bond motifs is 2. The maximum atomic E-state index is 12.2. The normalized spacial score (nSPS) is 27.8. The fourth-order valence-electron chi connectivity index (χ4n) is 3.80. The maximum Gasteiger partial charge on any atom is 0.231 e. The second kappa shape index (κ2) is 4.69. The lowest BCUT2D eigenvalue weighted by Crippen LogP contribution is -2.36. The van der Waals surface area contributed by atoms with Crippen LogP contribution in [0.25, 0.3) is 0 Å². The zero-order valence-corrected chi connectivity index (χ0v) is 11.5. The molecule has 2 aliphatic heterocycles. The van der Waals surface area contributed by atoms with Gasteiger partial charge in [0, 0.05) is 19.0 Å². The summed E-state index contributed by atoms with van der Waals surface area (Å²) in [5.74, 6) is 2.51. The number of amides is 1. The van der Waals surface area contributed by atoms with Crippen LogP contribution in [0.2, 0.25) is 0 Å². The van der Waals surface area contributed by atoms with Crippen LogP contribution in [0.5, 0.6) is 11.5 Å². The van der Waals surface area contributed by atoms with Gasteiger partial charge in [0.1, 0.15) is 0 Å². The van der Waals surface area contributed by atoms with Gasteiger partial charge in [-0.1, -0.05) is 18.9 Å². The molecule has 1 aromatic carbocycles. The third kappa shape index (κ3) is 1.94. The molecule has 4 heteroatoms. The Morgan fingerprint density at radius 1 is 1.15 bits per heavy atom. The van der Waals surface area contributed by atoms with E-state index in [2.05, 4.69) is 4.90 Å². The van der Waals surface area contributed by atoms with Gasteiger partial charge in [0.15, 0.2) is 11.5 Å². The summed E-state index contributed by atoms with van der Waals surface area (Å²) >= 11 is 0. The standard InChI is InChI=1S/C16H19NO3/c18-16-8-12-3-1-2-4-13(12)17(16)9-11-5-6-14-15(7-11)20-10-19-14/h5-7,12-13H,1-4,8-10H2/t12-,13-/m1/s1. The summed E-state index contributed by atoms with van der Waals surface area (Å²) in [5.41, 5.74) is 1.13. The van der Waals surface area contributed by atoms with Crippen molar-refractivity contribution in [3.8, 4) is 11.5 Å². The Labute approximate surface area is 118 Å². The smallest absolute Gasteiger partial charge is 0.231 e. The topological polar surface area (TPSA) is 38.8 Å². The minimum atomic E-state index is 0.298. The van der Waals surface area contributed by atoms with Gasteiger partial charge >= 0.3 is 0 Å². The molecular weight excluding hydrogens is 254 g/mol. The molecule has 4 nitrogen and oxygen atoms in total. The Bertz CT molecular complexity index is 543. The number of rotatable bonds is 2. The average Bonchev–Trinajstić information content (AvgIpc) is 3.04. The van der Waals surface area contributed by atoms with Gasteiger partial charge in [-0.25, -0.2) is 0 Å². The molecule has 0 spiro atoms. The fourth-order valence-corrected chi connectivity index (χ4v) is 3.80. The van der Waals surface area contributed by atoms with Crippen molar-refractivity contribution in [1.82, 2.24) is 4.90 Å². The average molecular weight is 273 g/mol. The van der Waals surface area contributed by atoms with Crippen molar-refractivity contribution in [1.29, 1.82) is 0 Å². The summed E-state index contributed by atoms with van der Waals surface area (Å²) in [4.78, 5) is 14.3. The Morgan fingerprint density at radius 2 is 2.00 bits per heavy atom. The molecule has 106 valence electrons. The van der Waals surface area contributed by atoms with E-state index in [0.29, 0.717) is 31.2 Å². The molecule has 0 N–H and O–H groups in total. The van der Waals surface area contributed by atoms with Gasteiger partial charge in [-0.2, -0.15) is 0 Å². The van der Waals surface area contributed by atoms with Gasteiger partial charge in [-0.3, -0.25) is 4.79 Å². The van der Waals surface area contributed by atoms with Gasteiger partial charge < -0.3 is 14.4 Å². The Morgan fingerprint density at radius 3 is 2.95 bits per heavy atom. The van der Waals surface area contributed by atoms with Crippen molar-refractivity contribution in [2.24, 2.45) is 5.92 Å². The van der Waals surface area contributed by atoms with Crippen molar-refractivity contribution in [3.63, 3.8) is 0 Å². The lowest BCUT2D eigenvalue weighted by Gasteiger charge is -2.31. The van der Waals surface area contributed by atoms with Gasteiger partial charge in [0.25, 0.3) is 0 Å². The SMILES string of the molecule is O=C1C[C@H]2CCCC[C@H]2N1Cc1ccc2c(c1)OCO2. The summed E-state index contributed by atoms with van der Waals surface area (Å²) in [6.45, 7) is 1.00. The number of hydrogen-bond donors (Lipinski definition) is 0. The van der Waals surface area contributed by atoms with E-state index in [1.54, 1.807) is 0 Å². The monoisotopic (exact) mass is 273 g/mol. The van der Waals surface area contributed by atoms with Crippen molar-refractivity contribution >= 4 is 5.91 Å². The van der Waals surface area contributed by atoms with Crippen molar-refractivity contribution < 1.29 is 14.3 Å². The molecule has 1 saturated heterocycles. The zero-order chi connectivity index (χ0) is 13.5. The Balaban J connectivity index is 1.54. The quantitative estimate of drug-likeness (QED) is 0.831. The van der Waals surface area contributed by atoms with Gasteiger partial charge in [0.05, 0.1) is 0 Å². The first kappa shape index (κ1) is 12.1. The van der Waals surface area contributed by atoms with Crippen molar-refractivity contribution in [3.05, 3.63) is 23.8 Å². The number of carbonyl (C=O) groups is 1. The highest BCUT2D eigenvalue weighted by Gasteiger charge is 2.40. The van der Waals surface area contributed by atoms with Crippen LogP contribution in [0, 0.1) is 5.92 Å². The molecule has 0 radical (unpaired) electrons. The van der Waals surface area contributed by atoms with E-state index >= 15 is 0 Å². The molecular formula is C16H19NO3. The van der Waals surface area contributed by atoms with Crippen molar-refractivity contribution in [2.75, 3.05) is 6.79 Å². The fraction of sp³-hybridized carbons (Fsp3) is 0.562. The minimum Gasteiger partial charge on any atom is -0.454 e. The van der Waals surface area contributed by atoms with E-state index in [9.17, 15) is 4.79 Å². The molecule has 4 rings (SSSR count). The molecule has 2 atom stereocenters. The lowest BCUT2D eigenvalue weighted by atomic mass is 9.85. The van der Waals surface area contributed by atoms with Gasteiger partial charge in [-0.15, -0.1) is 0 Å². The first-order valence-corrected chi connectivity index (χ1v) is 7.49. The summed E-state index contributed by atoms with van der Waals surface area (Å²) < 4.78 is 10.7. The third-order valence-corrected chi connectivity index (χ3v) is 4.82. The van der Waals surface area contributed by atoms with E-state index < -0.39 is 0 Å². The second-order valence-electron chi connectivity index (χ2n) is 6.03. The second-order valence-corrected chi connectivity index (χ2v) is 6.03. The number of likely N-dealkylation sites (tertiary alicyclic amines) is 1. The number of hydrogen-bond acceptors (Lipinski definition) is 3. The minimum absolute atomic E-state index is 0.298. The van der Waals surface area contributed by atoms with Crippen LogP contribution in [-0.4, -0.2) is 23.6 Å². The largest absolute Gasteiger partial charge is 0.454 e. The Hall–Kier alpha value is -1.71. The highest BCUT2D eigenvalue weighted by molar-refractivity contribution is 5.79. The van der Waals surface area contributed by atoms with Crippen LogP contribution in [0.4, 0.5) is 0 Å². The third-order valence-electron chi connectivity index (χ3n) is 4.82. The van der Waals surface area contributed by atoms with Crippen LogP contribution in [0.1, 0.15) is 37.7 Å². The number of carbonyl (C=O) groups excluding carboxylic acids is 1. The zero-order valence-electron chi connectivity index (χ0n) is 11.5. The molecule has 0 bridgehead atoms. The van der Waals surface area contributed by atoms with E-state index in [1.807, 2.05) is 18.2 Å². The summed E-state index contributed by atoms with van der Waals surface area (Å²) in [6, 6.07) is 6.45. The van der Waals surface area contributed by atoms with E-state index in [0.717, 1.165) is 23.5 Å². The number of ether oxygens (including phenoxy) is 2. The highest BCUT2D eigenvalue weighted by atomic mass is 16.7. The van der Waals surface area contributed by atoms with Crippen LogP contribution in [-0.2, 0) is 11.3 Å². The van der Waals surface area contributed by atoms with Crippen LogP contribution >= 0.6 is 0 Å². The molecule has 3 aliphatic rings. The first-order valence-electron chi connectivity index (χ1n) is 7.49. The molecule has 1 aliphatic carbocycles. The molecule has 2 fully saturated rings. The maximum absolute atomic E-state index is 12.2. The van der Waals surface area contributed by atoms with E-state index in [1.165, 1.54) is 25.7 Å². The highest BCUT2D eigenvalue weighted by Crippen LogP contribution is 2.39. The molecule has 1 amide bonds. The first-order chi connectivity index (χ1) is 9.81.